The Morgan fingerprint density at radius 1 is 1.33 bits per heavy atom. The van der Waals surface area contributed by atoms with Crippen molar-refractivity contribution in [3.05, 3.63) is 33.8 Å². The van der Waals surface area contributed by atoms with E-state index in [-0.39, 0.29) is 18.5 Å². The molecule has 2 N–H and O–H groups in total. The summed E-state index contributed by atoms with van der Waals surface area (Å²) in [6, 6.07) is 5.16. The van der Waals surface area contributed by atoms with E-state index in [0.717, 1.165) is 18.4 Å². The Kier molecular flexibility index (Phi) is 5.45. The number of carbonyl (C=O) groups is 2. The molecule has 7 heteroatoms. The van der Waals surface area contributed by atoms with Crippen molar-refractivity contribution in [2.24, 2.45) is 0 Å². The van der Waals surface area contributed by atoms with Crippen LogP contribution in [0.15, 0.2) is 18.2 Å². The third kappa shape index (κ3) is 5.19. The standard InChI is InChI=1S/C14H17Cl2N3O2/c1-19(7-9-3-2-4-11(15)13(9)16)8-12(20)18-14(21)17-10-5-6-10/h2-4,10H,5-8H2,1H3,(H2,17,18,20,21). The molecule has 0 bridgehead atoms. The first kappa shape index (κ1) is 16.1. The molecule has 1 aromatic rings. The van der Waals surface area contributed by atoms with E-state index in [2.05, 4.69) is 10.6 Å². The van der Waals surface area contributed by atoms with Crippen molar-refractivity contribution in [3.63, 3.8) is 0 Å². The van der Waals surface area contributed by atoms with E-state index in [0.29, 0.717) is 16.6 Å². The van der Waals surface area contributed by atoms with Crippen LogP contribution in [0.4, 0.5) is 4.79 Å². The Morgan fingerprint density at radius 3 is 2.71 bits per heavy atom. The maximum absolute atomic E-state index is 11.7. The Hall–Kier alpha value is -1.30. The minimum Gasteiger partial charge on any atom is -0.335 e. The van der Waals surface area contributed by atoms with Gasteiger partial charge in [-0.1, -0.05) is 35.3 Å². The van der Waals surface area contributed by atoms with Crippen LogP contribution in [0.3, 0.4) is 0 Å². The zero-order valence-electron chi connectivity index (χ0n) is 11.7. The number of halogens is 2. The molecule has 114 valence electrons. The lowest BCUT2D eigenvalue weighted by molar-refractivity contribution is -0.120. The fraction of sp³-hybridized carbons (Fsp3) is 0.429. The highest BCUT2D eigenvalue weighted by molar-refractivity contribution is 6.42. The summed E-state index contributed by atoms with van der Waals surface area (Å²) in [5, 5.41) is 5.97. The molecule has 1 saturated carbocycles. The zero-order valence-corrected chi connectivity index (χ0v) is 13.2. The van der Waals surface area contributed by atoms with Gasteiger partial charge in [-0.2, -0.15) is 0 Å². The van der Waals surface area contributed by atoms with E-state index < -0.39 is 6.03 Å². The monoisotopic (exact) mass is 329 g/mol. The number of nitrogens with zero attached hydrogens (tertiary/aromatic N) is 1. The smallest absolute Gasteiger partial charge is 0.321 e. The van der Waals surface area contributed by atoms with Crippen LogP contribution < -0.4 is 10.6 Å². The van der Waals surface area contributed by atoms with Crippen LogP contribution in [0.2, 0.25) is 10.0 Å². The number of carbonyl (C=O) groups excluding carboxylic acids is 2. The third-order valence-electron chi connectivity index (χ3n) is 3.05. The highest BCUT2D eigenvalue weighted by Gasteiger charge is 2.24. The second-order valence-corrected chi connectivity index (χ2v) is 5.97. The lowest BCUT2D eigenvalue weighted by atomic mass is 10.2. The number of hydrogen-bond donors (Lipinski definition) is 2. The summed E-state index contributed by atoms with van der Waals surface area (Å²) in [6.07, 6.45) is 1.96. The summed E-state index contributed by atoms with van der Waals surface area (Å²) < 4.78 is 0. The molecule has 1 fully saturated rings. The number of urea groups is 1. The van der Waals surface area contributed by atoms with Crippen molar-refractivity contribution < 1.29 is 9.59 Å². The normalized spacial score (nSPS) is 14.1. The first-order chi connectivity index (χ1) is 9.95. The zero-order chi connectivity index (χ0) is 15.4. The summed E-state index contributed by atoms with van der Waals surface area (Å²) in [7, 11) is 1.77. The molecule has 0 unspecified atom stereocenters. The van der Waals surface area contributed by atoms with Crippen molar-refractivity contribution in [2.45, 2.75) is 25.4 Å². The third-order valence-corrected chi connectivity index (χ3v) is 3.91. The summed E-state index contributed by atoms with van der Waals surface area (Å²) in [5.41, 5.74) is 0.835. The number of imide groups is 1. The molecule has 0 aliphatic heterocycles. The van der Waals surface area contributed by atoms with Crippen LogP contribution in [0.25, 0.3) is 0 Å². The molecule has 1 aromatic carbocycles. The Morgan fingerprint density at radius 2 is 2.05 bits per heavy atom. The lowest BCUT2D eigenvalue weighted by Gasteiger charge is -2.17. The number of amides is 3. The van der Waals surface area contributed by atoms with E-state index >= 15 is 0 Å². The van der Waals surface area contributed by atoms with Crippen molar-refractivity contribution >= 4 is 35.1 Å². The molecule has 0 atom stereocenters. The number of benzene rings is 1. The van der Waals surface area contributed by atoms with Gasteiger partial charge in [-0.05, 0) is 31.5 Å². The summed E-state index contributed by atoms with van der Waals surface area (Å²) in [6.45, 7) is 0.567. The summed E-state index contributed by atoms with van der Waals surface area (Å²) in [4.78, 5) is 24.9. The molecule has 0 spiro atoms. The second-order valence-electron chi connectivity index (χ2n) is 5.18. The number of hydrogen-bond acceptors (Lipinski definition) is 3. The molecule has 1 aliphatic carbocycles. The van der Waals surface area contributed by atoms with Gasteiger partial charge in [-0.3, -0.25) is 15.0 Å². The minimum atomic E-state index is -0.434. The van der Waals surface area contributed by atoms with Gasteiger partial charge in [0, 0.05) is 12.6 Å². The summed E-state index contributed by atoms with van der Waals surface area (Å²) in [5.74, 6) is -0.353. The molecular formula is C14H17Cl2N3O2. The molecule has 0 aromatic heterocycles. The Labute approximate surface area is 133 Å². The first-order valence-corrected chi connectivity index (χ1v) is 7.43. The van der Waals surface area contributed by atoms with Gasteiger partial charge in [0.05, 0.1) is 16.6 Å². The van der Waals surface area contributed by atoms with Crippen LogP contribution in [-0.4, -0.2) is 36.5 Å². The van der Waals surface area contributed by atoms with E-state index in [4.69, 9.17) is 23.2 Å². The van der Waals surface area contributed by atoms with E-state index in [1.807, 2.05) is 6.07 Å². The van der Waals surface area contributed by atoms with Gasteiger partial charge in [0.15, 0.2) is 0 Å². The molecule has 1 aliphatic rings. The topological polar surface area (TPSA) is 61.4 Å². The number of likely N-dealkylation sites (N-methyl/N-ethyl adjacent to an activating group) is 1. The van der Waals surface area contributed by atoms with Gasteiger partial charge in [-0.15, -0.1) is 0 Å². The molecule has 0 saturated heterocycles. The highest BCUT2D eigenvalue weighted by Crippen LogP contribution is 2.26. The van der Waals surface area contributed by atoms with Gasteiger partial charge in [0.2, 0.25) is 5.91 Å². The van der Waals surface area contributed by atoms with E-state index in [1.165, 1.54) is 0 Å². The fourth-order valence-corrected chi connectivity index (χ4v) is 2.26. The average Bonchev–Trinajstić information content (AvgIpc) is 3.18. The van der Waals surface area contributed by atoms with Crippen LogP contribution in [-0.2, 0) is 11.3 Å². The second kappa shape index (κ2) is 7.11. The van der Waals surface area contributed by atoms with Crippen molar-refractivity contribution in [3.8, 4) is 0 Å². The SMILES string of the molecule is CN(CC(=O)NC(=O)NC1CC1)Cc1cccc(Cl)c1Cl. The molecular weight excluding hydrogens is 313 g/mol. The van der Waals surface area contributed by atoms with Crippen molar-refractivity contribution in [1.82, 2.24) is 15.5 Å². The number of rotatable bonds is 5. The predicted octanol–water partition coefficient (Wildman–Crippen LogP) is 2.41. The van der Waals surface area contributed by atoms with E-state index in [9.17, 15) is 9.59 Å². The Balaban J connectivity index is 1.80. The quantitative estimate of drug-likeness (QED) is 0.872. The van der Waals surface area contributed by atoms with Crippen molar-refractivity contribution in [1.29, 1.82) is 0 Å². The minimum absolute atomic E-state index is 0.0981. The van der Waals surface area contributed by atoms with Gasteiger partial charge >= 0.3 is 6.03 Å². The molecule has 5 nitrogen and oxygen atoms in total. The molecule has 3 amide bonds. The summed E-state index contributed by atoms with van der Waals surface area (Å²) >= 11 is 12.0. The number of nitrogens with one attached hydrogen (secondary N) is 2. The Bertz CT molecular complexity index is 547. The molecule has 2 rings (SSSR count). The molecule has 21 heavy (non-hydrogen) atoms. The average molecular weight is 330 g/mol. The van der Waals surface area contributed by atoms with Crippen LogP contribution in [0, 0.1) is 0 Å². The van der Waals surface area contributed by atoms with Crippen molar-refractivity contribution in [2.75, 3.05) is 13.6 Å². The van der Waals surface area contributed by atoms with Gasteiger partial charge in [0.1, 0.15) is 0 Å². The highest BCUT2D eigenvalue weighted by atomic mass is 35.5. The lowest BCUT2D eigenvalue weighted by Crippen LogP contribution is -2.44. The van der Waals surface area contributed by atoms with Crippen LogP contribution in [0.1, 0.15) is 18.4 Å². The maximum Gasteiger partial charge on any atom is 0.321 e. The molecule has 0 radical (unpaired) electrons. The van der Waals surface area contributed by atoms with Gasteiger partial charge in [-0.25, -0.2) is 4.79 Å². The van der Waals surface area contributed by atoms with Crippen LogP contribution in [0.5, 0.6) is 0 Å². The largest absolute Gasteiger partial charge is 0.335 e. The fourth-order valence-electron chi connectivity index (χ4n) is 1.88. The van der Waals surface area contributed by atoms with Crippen LogP contribution >= 0.6 is 23.2 Å². The molecule has 0 heterocycles. The van der Waals surface area contributed by atoms with E-state index in [1.54, 1.807) is 24.1 Å². The maximum atomic E-state index is 11.7. The first-order valence-electron chi connectivity index (χ1n) is 6.67. The van der Waals surface area contributed by atoms with Gasteiger partial charge < -0.3 is 5.32 Å². The predicted molar refractivity (Wildman–Crippen MR) is 82.5 cm³/mol. The van der Waals surface area contributed by atoms with Gasteiger partial charge in [0.25, 0.3) is 0 Å².